The number of para-hydroxylation sites is 4. The van der Waals surface area contributed by atoms with Crippen molar-refractivity contribution in [1.82, 2.24) is 13.7 Å². The number of rotatable bonds is 3. The summed E-state index contributed by atoms with van der Waals surface area (Å²) in [6.45, 7) is 0. The molecule has 0 N–H and O–H groups in total. The molecule has 0 atom stereocenters. The van der Waals surface area contributed by atoms with Crippen molar-refractivity contribution in [1.29, 1.82) is 0 Å². The summed E-state index contributed by atoms with van der Waals surface area (Å²) in [7, 11) is 0. The summed E-state index contributed by atoms with van der Waals surface area (Å²) in [5.74, 6) is 0. The Bertz CT molecular complexity index is 2720. The van der Waals surface area contributed by atoms with Crippen LogP contribution in [0.1, 0.15) is 6.42 Å². The fourth-order valence-corrected chi connectivity index (χ4v) is 7.43. The first-order valence-electron chi connectivity index (χ1n) is 15.4. The molecule has 1 aliphatic carbocycles. The molecule has 4 aromatic heterocycles. The van der Waals surface area contributed by atoms with Crippen LogP contribution in [-0.4, -0.2) is 13.7 Å². The van der Waals surface area contributed by atoms with Crippen LogP contribution in [0, 0.1) is 0 Å². The minimum absolute atomic E-state index is 0.849. The molecule has 0 radical (unpaired) electrons. The molecule has 10 rings (SSSR count). The van der Waals surface area contributed by atoms with Gasteiger partial charge in [-0.1, -0.05) is 97.1 Å². The van der Waals surface area contributed by atoms with E-state index in [0.29, 0.717) is 0 Å². The van der Waals surface area contributed by atoms with E-state index >= 15 is 0 Å². The topological polar surface area (TPSA) is 27.9 Å². The molecule has 0 saturated heterocycles. The summed E-state index contributed by atoms with van der Waals surface area (Å²) < 4.78 is 13.8. The highest BCUT2D eigenvalue weighted by atomic mass is 16.3. The number of aromatic nitrogens is 3. The Labute approximate surface area is 258 Å². The monoisotopic (exact) mass is 577 g/mol. The SMILES string of the molecule is C1=CC=C(n2c3ccccc3c3c4cc(-n5c6ccccc6c6c7ccccc7oc65)ccc4n(-c4ccccc4)c32)CC=C1. The van der Waals surface area contributed by atoms with E-state index < -0.39 is 0 Å². The second kappa shape index (κ2) is 9.25. The lowest BCUT2D eigenvalue weighted by Crippen LogP contribution is -2.03. The van der Waals surface area contributed by atoms with Gasteiger partial charge in [-0.3, -0.25) is 13.7 Å². The van der Waals surface area contributed by atoms with Crippen LogP contribution in [0.4, 0.5) is 0 Å². The Morgan fingerprint density at radius 1 is 0.489 bits per heavy atom. The lowest BCUT2D eigenvalue weighted by Gasteiger charge is -2.14. The highest BCUT2D eigenvalue weighted by Crippen LogP contribution is 2.44. The molecule has 0 fully saturated rings. The highest BCUT2D eigenvalue weighted by molar-refractivity contribution is 6.24. The molecule has 45 heavy (non-hydrogen) atoms. The van der Waals surface area contributed by atoms with Gasteiger partial charge >= 0.3 is 0 Å². The third kappa shape index (κ3) is 3.36. The number of fused-ring (bicyclic) bond motifs is 10. The van der Waals surface area contributed by atoms with E-state index in [-0.39, 0.29) is 0 Å². The van der Waals surface area contributed by atoms with E-state index in [4.69, 9.17) is 4.42 Å². The third-order valence-corrected chi connectivity index (χ3v) is 9.28. The fourth-order valence-electron chi connectivity index (χ4n) is 7.43. The first-order valence-corrected chi connectivity index (χ1v) is 15.4. The van der Waals surface area contributed by atoms with Crippen molar-refractivity contribution in [3.8, 4) is 11.4 Å². The van der Waals surface area contributed by atoms with Crippen LogP contribution < -0.4 is 0 Å². The van der Waals surface area contributed by atoms with Crippen LogP contribution in [0.25, 0.3) is 82.9 Å². The second-order valence-corrected chi connectivity index (χ2v) is 11.7. The van der Waals surface area contributed by atoms with Crippen molar-refractivity contribution >= 4 is 71.5 Å². The standard InChI is InChI=1S/C41H27N3O/c1-2-5-15-27(14-4-1)42-34-21-11-8-18-30(34)38-33-26-29(24-25-36(33)43(40(38)42)28-16-6-3-7-17-28)44-35-22-12-9-19-31(35)39-32-20-10-13-23-37(32)45-41(39)44/h1-14,16-26H,15H2. The van der Waals surface area contributed by atoms with E-state index in [1.165, 1.54) is 43.9 Å². The predicted molar refractivity (Wildman–Crippen MR) is 188 cm³/mol. The van der Waals surface area contributed by atoms with Crippen molar-refractivity contribution in [3.63, 3.8) is 0 Å². The fraction of sp³-hybridized carbons (Fsp3) is 0.0244. The number of nitrogens with zero attached hydrogens (tertiary/aromatic N) is 3. The summed E-state index contributed by atoms with van der Waals surface area (Å²) in [6.07, 6.45) is 11.7. The molecule has 5 aromatic carbocycles. The van der Waals surface area contributed by atoms with Crippen molar-refractivity contribution in [2.75, 3.05) is 0 Å². The van der Waals surface area contributed by atoms with Gasteiger partial charge < -0.3 is 4.42 Å². The normalized spacial score (nSPS) is 13.6. The number of hydrogen-bond donors (Lipinski definition) is 0. The molecule has 0 saturated carbocycles. The number of hydrogen-bond acceptors (Lipinski definition) is 1. The molecule has 9 aromatic rings. The Hall–Kier alpha value is -6.00. The minimum atomic E-state index is 0.849. The zero-order valence-electron chi connectivity index (χ0n) is 24.4. The first-order chi connectivity index (χ1) is 22.4. The zero-order chi connectivity index (χ0) is 29.5. The predicted octanol–water partition coefficient (Wildman–Crippen LogP) is 10.9. The van der Waals surface area contributed by atoms with E-state index in [1.54, 1.807) is 0 Å². The van der Waals surface area contributed by atoms with E-state index in [1.807, 2.05) is 6.07 Å². The lowest BCUT2D eigenvalue weighted by molar-refractivity contribution is 0.645. The minimum Gasteiger partial charge on any atom is -0.439 e. The number of furan rings is 1. The zero-order valence-corrected chi connectivity index (χ0v) is 24.4. The van der Waals surface area contributed by atoms with Crippen molar-refractivity contribution in [2.45, 2.75) is 6.42 Å². The number of allylic oxidation sites excluding steroid dienone is 6. The van der Waals surface area contributed by atoms with Gasteiger partial charge in [-0.05, 0) is 54.6 Å². The van der Waals surface area contributed by atoms with Crippen LogP contribution >= 0.6 is 0 Å². The molecule has 0 amide bonds. The summed E-state index contributed by atoms with van der Waals surface area (Å²) >= 11 is 0. The van der Waals surface area contributed by atoms with Crippen molar-refractivity contribution in [3.05, 3.63) is 152 Å². The lowest BCUT2D eigenvalue weighted by atomic mass is 10.1. The summed E-state index contributed by atoms with van der Waals surface area (Å²) in [5, 5.41) is 7.21. The van der Waals surface area contributed by atoms with Crippen LogP contribution in [0.5, 0.6) is 0 Å². The van der Waals surface area contributed by atoms with Crippen molar-refractivity contribution < 1.29 is 4.42 Å². The average Bonchev–Trinajstić information content (AvgIpc) is 3.74. The van der Waals surface area contributed by atoms with Crippen LogP contribution in [0.2, 0.25) is 0 Å². The quantitative estimate of drug-likeness (QED) is 0.205. The van der Waals surface area contributed by atoms with Gasteiger partial charge in [-0.2, -0.15) is 0 Å². The molecule has 1 aliphatic rings. The molecular weight excluding hydrogens is 550 g/mol. The first kappa shape index (κ1) is 24.4. The van der Waals surface area contributed by atoms with Gasteiger partial charge in [0.05, 0.1) is 21.9 Å². The average molecular weight is 578 g/mol. The van der Waals surface area contributed by atoms with Crippen LogP contribution in [-0.2, 0) is 0 Å². The van der Waals surface area contributed by atoms with Crippen molar-refractivity contribution in [2.24, 2.45) is 0 Å². The molecule has 4 heteroatoms. The summed E-state index contributed by atoms with van der Waals surface area (Å²) in [6, 6.07) is 43.4. The van der Waals surface area contributed by atoms with Crippen LogP contribution in [0.3, 0.4) is 0 Å². The van der Waals surface area contributed by atoms with E-state index in [0.717, 1.165) is 45.4 Å². The molecule has 212 valence electrons. The molecule has 0 aliphatic heterocycles. The third-order valence-electron chi connectivity index (χ3n) is 9.28. The highest BCUT2D eigenvalue weighted by Gasteiger charge is 2.24. The Morgan fingerprint density at radius 2 is 1.18 bits per heavy atom. The van der Waals surface area contributed by atoms with E-state index in [9.17, 15) is 0 Å². The largest absolute Gasteiger partial charge is 0.439 e. The Balaban J connectivity index is 1.37. The maximum absolute atomic E-state index is 6.60. The molecule has 0 spiro atoms. The maximum atomic E-state index is 6.60. The second-order valence-electron chi connectivity index (χ2n) is 11.7. The van der Waals surface area contributed by atoms with Gasteiger partial charge in [-0.25, -0.2) is 0 Å². The van der Waals surface area contributed by atoms with Gasteiger partial charge in [0.1, 0.15) is 11.2 Å². The molecule has 0 bridgehead atoms. The summed E-state index contributed by atoms with van der Waals surface area (Å²) in [5.41, 5.74) is 9.94. The van der Waals surface area contributed by atoms with Gasteiger partial charge in [0.15, 0.2) is 0 Å². The van der Waals surface area contributed by atoms with Gasteiger partial charge in [0.2, 0.25) is 5.71 Å². The van der Waals surface area contributed by atoms with Crippen LogP contribution in [0.15, 0.2) is 156 Å². The number of benzene rings is 5. The van der Waals surface area contributed by atoms with Gasteiger partial charge in [-0.15, -0.1) is 0 Å². The molecule has 0 unspecified atom stereocenters. The molecular formula is C41H27N3O. The molecule has 4 nitrogen and oxygen atoms in total. The summed E-state index contributed by atoms with van der Waals surface area (Å²) in [4.78, 5) is 0. The van der Waals surface area contributed by atoms with Gasteiger partial charge in [0.25, 0.3) is 0 Å². The maximum Gasteiger partial charge on any atom is 0.213 e. The Kier molecular flexibility index (Phi) is 5.02. The Morgan fingerprint density at radius 3 is 2.02 bits per heavy atom. The van der Waals surface area contributed by atoms with E-state index in [2.05, 4.69) is 159 Å². The molecule has 4 heterocycles. The van der Waals surface area contributed by atoms with Gasteiger partial charge in [0, 0.05) is 50.4 Å². The smallest absolute Gasteiger partial charge is 0.213 e.